The summed E-state index contributed by atoms with van der Waals surface area (Å²) in [6.07, 6.45) is 0.828. The number of aliphatic carboxylic acids is 1. The summed E-state index contributed by atoms with van der Waals surface area (Å²) in [4.78, 5) is 21.3. The molecule has 0 aliphatic heterocycles. The molecule has 0 N–H and O–H groups in total. The molecule has 0 heterocycles. The van der Waals surface area contributed by atoms with E-state index < -0.39 is 11.9 Å². The molecule has 0 saturated carbocycles. The average Bonchev–Trinajstić information content (AvgIpc) is 2.13. The highest BCUT2D eigenvalue weighted by atomic mass is 16.5. The van der Waals surface area contributed by atoms with E-state index in [0.29, 0.717) is 17.6 Å². The molecule has 1 atom stereocenters. The van der Waals surface area contributed by atoms with Crippen molar-refractivity contribution in [3.63, 3.8) is 0 Å². The number of carboxylic acids is 1. The van der Waals surface area contributed by atoms with E-state index in [2.05, 4.69) is 6.58 Å². The lowest BCUT2D eigenvalue weighted by Crippen LogP contribution is -2.47. The number of hydrogen-bond donors (Lipinski definition) is 0. The quantitative estimate of drug-likeness (QED) is 0.329. The molecule has 0 bridgehead atoms. The van der Waals surface area contributed by atoms with Gasteiger partial charge in [-0.1, -0.05) is 6.58 Å². The Morgan fingerprint density at radius 1 is 1.50 bits per heavy atom. The van der Waals surface area contributed by atoms with Gasteiger partial charge in [0.1, 0.15) is 12.6 Å². The number of esters is 1. The van der Waals surface area contributed by atoms with Crippen molar-refractivity contribution < 1.29 is 23.9 Å². The van der Waals surface area contributed by atoms with Crippen LogP contribution in [0.5, 0.6) is 0 Å². The van der Waals surface area contributed by atoms with Gasteiger partial charge in [-0.25, -0.2) is 4.79 Å². The second kappa shape index (κ2) is 6.27. The van der Waals surface area contributed by atoms with Gasteiger partial charge < -0.3 is 19.1 Å². The van der Waals surface area contributed by atoms with Crippen LogP contribution in [0, 0.1) is 0 Å². The van der Waals surface area contributed by atoms with Crippen LogP contribution in [0.1, 0.15) is 13.3 Å². The van der Waals surface area contributed by atoms with Crippen molar-refractivity contribution in [1.82, 2.24) is 0 Å². The number of carbonyl (C=O) groups excluding carboxylic acids is 2. The van der Waals surface area contributed by atoms with Gasteiger partial charge in [0.15, 0.2) is 0 Å². The van der Waals surface area contributed by atoms with Gasteiger partial charge in [0.2, 0.25) is 0 Å². The van der Waals surface area contributed by atoms with Gasteiger partial charge in [-0.05, 0) is 6.92 Å². The zero-order valence-electron chi connectivity index (χ0n) is 10.1. The Labute approximate surface area is 95.9 Å². The third-order valence-corrected chi connectivity index (χ3v) is 2.16. The van der Waals surface area contributed by atoms with Gasteiger partial charge in [-0.15, -0.1) is 0 Å². The van der Waals surface area contributed by atoms with Crippen LogP contribution in [0.3, 0.4) is 0 Å². The van der Waals surface area contributed by atoms with E-state index in [4.69, 9.17) is 4.74 Å². The van der Waals surface area contributed by atoms with Crippen molar-refractivity contribution in [3.05, 3.63) is 12.7 Å². The molecule has 16 heavy (non-hydrogen) atoms. The lowest BCUT2D eigenvalue weighted by atomic mass is 10.3. The Kier molecular flexibility index (Phi) is 5.74. The molecule has 0 spiro atoms. The van der Waals surface area contributed by atoms with Gasteiger partial charge in [-0.3, -0.25) is 0 Å². The second-order valence-corrected chi connectivity index (χ2v) is 4.42. The van der Waals surface area contributed by atoms with Gasteiger partial charge >= 0.3 is 5.97 Å². The van der Waals surface area contributed by atoms with E-state index in [1.165, 1.54) is 0 Å². The fraction of sp³-hybridized carbons (Fsp3) is 0.636. The molecule has 0 aliphatic carbocycles. The molecule has 5 nitrogen and oxygen atoms in total. The third-order valence-electron chi connectivity index (χ3n) is 2.16. The average molecular weight is 229 g/mol. The number of carbonyl (C=O) groups is 2. The summed E-state index contributed by atoms with van der Waals surface area (Å²) in [5, 5.41) is 10.3. The smallest absolute Gasteiger partial charge is 0.330 e. The molecule has 1 unspecified atom stereocenters. The minimum atomic E-state index is -1.07. The summed E-state index contributed by atoms with van der Waals surface area (Å²) in [5.74, 6) is -1.53. The number of rotatable bonds is 7. The number of likely N-dealkylation sites (N-methyl/N-ethyl adjacent to an activating group) is 1. The van der Waals surface area contributed by atoms with Gasteiger partial charge in [0.25, 0.3) is 0 Å². The highest BCUT2D eigenvalue weighted by Crippen LogP contribution is 2.04. The zero-order chi connectivity index (χ0) is 12.8. The molecule has 0 aromatic heterocycles. The number of hydrogen-bond acceptors (Lipinski definition) is 4. The van der Waals surface area contributed by atoms with Crippen molar-refractivity contribution in [2.24, 2.45) is 0 Å². The maximum atomic E-state index is 10.9. The molecule has 0 saturated heterocycles. The highest BCUT2D eigenvalue weighted by molar-refractivity contribution is 5.81. The molecule has 0 aromatic carbocycles. The van der Waals surface area contributed by atoms with Crippen LogP contribution >= 0.6 is 0 Å². The molecule has 0 rings (SSSR count). The van der Waals surface area contributed by atoms with Gasteiger partial charge in [0, 0.05) is 18.5 Å². The minimum absolute atomic E-state index is 0.00484. The molecule has 0 amide bonds. The molecule has 92 valence electrons. The maximum Gasteiger partial charge on any atom is 0.330 e. The summed E-state index contributed by atoms with van der Waals surface area (Å²) >= 11 is 0. The summed E-state index contributed by atoms with van der Waals surface area (Å²) in [5.41, 5.74) is 0. The standard InChI is InChI=1S/C11H19NO4/c1-5-11(15)16-9(2)8-12(3,4)7-6-10(13)14/h5,9H,1,6-8H2,2-4H3. The third kappa shape index (κ3) is 7.00. The number of quaternary nitrogens is 1. The number of ether oxygens (including phenoxy) is 1. The van der Waals surface area contributed by atoms with Crippen molar-refractivity contribution in [1.29, 1.82) is 0 Å². The fourth-order valence-corrected chi connectivity index (χ4v) is 1.46. The lowest BCUT2D eigenvalue weighted by Gasteiger charge is -2.32. The van der Waals surface area contributed by atoms with E-state index in [-0.39, 0.29) is 12.5 Å². The van der Waals surface area contributed by atoms with Crippen LogP contribution in [-0.2, 0) is 14.3 Å². The first-order valence-corrected chi connectivity index (χ1v) is 5.12. The molecule has 0 radical (unpaired) electrons. The minimum Gasteiger partial charge on any atom is -0.550 e. The Morgan fingerprint density at radius 2 is 2.06 bits per heavy atom. The Bertz CT molecular complexity index is 273. The van der Waals surface area contributed by atoms with E-state index in [9.17, 15) is 14.7 Å². The first-order valence-electron chi connectivity index (χ1n) is 5.12. The number of carboxylic acid groups (broad SMARTS) is 1. The van der Waals surface area contributed by atoms with Gasteiger partial charge in [-0.2, -0.15) is 0 Å². The van der Waals surface area contributed by atoms with Crippen molar-refractivity contribution >= 4 is 11.9 Å². The second-order valence-electron chi connectivity index (χ2n) is 4.42. The number of nitrogens with zero attached hydrogens (tertiary/aromatic N) is 1. The van der Waals surface area contributed by atoms with E-state index in [1.54, 1.807) is 6.92 Å². The molecular weight excluding hydrogens is 210 g/mol. The van der Waals surface area contributed by atoms with E-state index in [1.807, 2.05) is 14.1 Å². The predicted molar refractivity (Wildman–Crippen MR) is 57.2 cm³/mol. The normalized spacial score (nSPS) is 12.9. The van der Waals surface area contributed by atoms with E-state index >= 15 is 0 Å². The van der Waals surface area contributed by atoms with Crippen LogP contribution in [0.25, 0.3) is 0 Å². The Balaban J connectivity index is 4.08. The van der Waals surface area contributed by atoms with Crippen molar-refractivity contribution in [3.8, 4) is 0 Å². The van der Waals surface area contributed by atoms with Crippen LogP contribution < -0.4 is 5.11 Å². The summed E-state index contributed by atoms with van der Waals surface area (Å²) in [6, 6.07) is 0. The summed E-state index contributed by atoms with van der Waals surface area (Å²) in [6.45, 7) is 6.06. The maximum absolute atomic E-state index is 10.9. The first-order chi connectivity index (χ1) is 7.26. The molecule has 0 aliphatic rings. The first kappa shape index (κ1) is 14.6. The SMILES string of the molecule is C=CC(=O)OC(C)C[N+](C)(C)CCC(=O)[O-]. The van der Waals surface area contributed by atoms with Gasteiger partial charge in [0.05, 0.1) is 20.6 Å². The Morgan fingerprint density at radius 3 is 2.50 bits per heavy atom. The van der Waals surface area contributed by atoms with Crippen LogP contribution in [-0.4, -0.2) is 49.7 Å². The van der Waals surface area contributed by atoms with Crippen molar-refractivity contribution in [2.45, 2.75) is 19.4 Å². The Hall–Kier alpha value is -1.36. The molecule has 0 fully saturated rings. The monoisotopic (exact) mass is 229 g/mol. The predicted octanol–water partition coefficient (Wildman–Crippen LogP) is -0.679. The molecule has 5 heteroatoms. The van der Waals surface area contributed by atoms with Crippen LogP contribution in [0.15, 0.2) is 12.7 Å². The van der Waals surface area contributed by atoms with E-state index in [0.717, 1.165) is 6.08 Å². The highest BCUT2D eigenvalue weighted by Gasteiger charge is 2.20. The molecule has 0 aromatic rings. The largest absolute Gasteiger partial charge is 0.550 e. The van der Waals surface area contributed by atoms with Crippen LogP contribution in [0.4, 0.5) is 0 Å². The fourth-order valence-electron chi connectivity index (χ4n) is 1.46. The zero-order valence-corrected chi connectivity index (χ0v) is 10.1. The summed E-state index contributed by atoms with van der Waals surface area (Å²) < 4.78 is 5.46. The molecular formula is C11H19NO4. The van der Waals surface area contributed by atoms with Crippen LogP contribution in [0.2, 0.25) is 0 Å². The summed E-state index contributed by atoms with van der Waals surface area (Å²) in [7, 11) is 3.75. The topological polar surface area (TPSA) is 66.4 Å². The lowest BCUT2D eigenvalue weighted by molar-refractivity contribution is -0.892. The van der Waals surface area contributed by atoms with Crippen molar-refractivity contribution in [2.75, 3.05) is 27.2 Å².